The number of amides is 1. The van der Waals surface area contributed by atoms with E-state index < -0.39 is 5.60 Å². The van der Waals surface area contributed by atoms with Gasteiger partial charge in [0.05, 0.1) is 23.4 Å². The van der Waals surface area contributed by atoms with Gasteiger partial charge in [0, 0.05) is 42.2 Å². The molecule has 1 aliphatic rings. The molecule has 0 aliphatic heterocycles. The predicted molar refractivity (Wildman–Crippen MR) is 162 cm³/mol. The van der Waals surface area contributed by atoms with Gasteiger partial charge in [0.15, 0.2) is 0 Å². The molecule has 1 aromatic carbocycles. The molecule has 1 amide bonds. The molecule has 0 radical (unpaired) electrons. The van der Waals surface area contributed by atoms with Crippen LogP contribution >= 0.6 is 0 Å². The second-order valence-corrected chi connectivity index (χ2v) is 12.0. The number of nitrogens with one attached hydrogen (secondary N) is 2. The van der Waals surface area contributed by atoms with E-state index in [0.29, 0.717) is 51.8 Å². The van der Waals surface area contributed by atoms with Crippen LogP contribution in [-0.4, -0.2) is 47.5 Å². The first kappa shape index (κ1) is 27.7. The van der Waals surface area contributed by atoms with Crippen LogP contribution in [0.1, 0.15) is 66.8 Å². The highest BCUT2D eigenvalue weighted by Gasteiger charge is 2.32. The molecule has 0 unspecified atom stereocenters. The first-order valence-electron chi connectivity index (χ1n) is 14.3. The number of aromatic amines is 1. The molecule has 1 aliphatic carbocycles. The first-order valence-corrected chi connectivity index (χ1v) is 14.3. The van der Waals surface area contributed by atoms with Gasteiger partial charge in [-0.1, -0.05) is 18.2 Å². The lowest BCUT2D eigenvalue weighted by atomic mass is 10.0. The molecule has 1 saturated carbocycles. The molecule has 10 heteroatoms. The molecular formula is C32H36N6O4. The molecule has 3 N–H and O–H groups in total. The summed E-state index contributed by atoms with van der Waals surface area (Å²) < 4.78 is 9.95. The normalized spacial score (nSPS) is 13.7. The Kier molecular flexibility index (Phi) is 6.68. The summed E-state index contributed by atoms with van der Waals surface area (Å²) in [7, 11) is 1.68. The summed E-state index contributed by atoms with van der Waals surface area (Å²) in [6, 6.07) is 9.65. The standard InChI is InChI=1S/C32H36N6O4/c1-7-33-29(39)23-13-20-22(15-37(6)31(40)26(20)34-23)21-14-24-27(25(19-11-12-19)36-38(24)16-32(4,5)41)35-30(21)42-28-17(2)9-8-10-18(28)3/h8-10,13-15,19,34,41H,7,11-12,16H2,1-6H3,(H,33,39). The molecule has 218 valence electrons. The van der Waals surface area contributed by atoms with Gasteiger partial charge in [-0.05, 0) is 70.7 Å². The van der Waals surface area contributed by atoms with Crippen molar-refractivity contribution in [2.24, 2.45) is 7.05 Å². The Morgan fingerprint density at radius 3 is 2.55 bits per heavy atom. The molecule has 0 spiro atoms. The monoisotopic (exact) mass is 568 g/mol. The van der Waals surface area contributed by atoms with Crippen molar-refractivity contribution in [3.05, 3.63) is 69.4 Å². The number of aryl methyl sites for hydroxylation is 3. The number of aromatic nitrogens is 5. The van der Waals surface area contributed by atoms with Crippen molar-refractivity contribution in [3.63, 3.8) is 0 Å². The van der Waals surface area contributed by atoms with Gasteiger partial charge in [-0.2, -0.15) is 5.10 Å². The number of benzene rings is 1. The number of carbonyl (C=O) groups is 1. The van der Waals surface area contributed by atoms with Crippen LogP contribution < -0.4 is 15.6 Å². The number of para-hydroxylation sites is 1. The number of pyridine rings is 2. The zero-order valence-corrected chi connectivity index (χ0v) is 24.8. The Morgan fingerprint density at radius 2 is 1.90 bits per heavy atom. The minimum atomic E-state index is -1.00. The van der Waals surface area contributed by atoms with E-state index in [0.717, 1.165) is 40.7 Å². The van der Waals surface area contributed by atoms with Crippen LogP contribution in [0.25, 0.3) is 33.1 Å². The summed E-state index contributed by atoms with van der Waals surface area (Å²) in [5, 5.41) is 19.0. The second-order valence-electron chi connectivity index (χ2n) is 12.0. The summed E-state index contributed by atoms with van der Waals surface area (Å²) in [6.07, 6.45) is 3.83. The summed E-state index contributed by atoms with van der Waals surface area (Å²) in [5.41, 5.74) is 5.03. The average molecular weight is 569 g/mol. The van der Waals surface area contributed by atoms with Crippen LogP contribution in [0.3, 0.4) is 0 Å². The van der Waals surface area contributed by atoms with Crippen LogP contribution in [-0.2, 0) is 13.6 Å². The molecule has 4 aromatic heterocycles. The third-order valence-electron chi connectivity index (χ3n) is 7.66. The van der Waals surface area contributed by atoms with Crippen molar-refractivity contribution in [1.29, 1.82) is 0 Å². The van der Waals surface area contributed by atoms with Gasteiger partial charge in [-0.25, -0.2) is 4.98 Å². The Hall–Kier alpha value is -4.44. The molecule has 42 heavy (non-hydrogen) atoms. The van der Waals surface area contributed by atoms with Crippen LogP contribution in [0.2, 0.25) is 0 Å². The summed E-state index contributed by atoms with van der Waals surface area (Å²) in [6.45, 7) is 10.1. The molecule has 1 fully saturated rings. The van der Waals surface area contributed by atoms with Gasteiger partial charge in [0.1, 0.15) is 22.5 Å². The number of carbonyl (C=O) groups excluding carboxylic acids is 1. The lowest BCUT2D eigenvalue weighted by Gasteiger charge is -2.18. The minimum Gasteiger partial charge on any atom is -0.438 e. The Balaban J connectivity index is 1.66. The van der Waals surface area contributed by atoms with E-state index in [-0.39, 0.29) is 18.0 Å². The fourth-order valence-electron chi connectivity index (χ4n) is 5.48. The van der Waals surface area contributed by atoms with E-state index in [9.17, 15) is 14.7 Å². The number of ether oxygens (including phenoxy) is 1. The van der Waals surface area contributed by atoms with Gasteiger partial charge in [-0.15, -0.1) is 0 Å². The maximum absolute atomic E-state index is 13.2. The number of hydrogen-bond acceptors (Lipinski definition) is 6. The zero-order chi connectivity index (χ0) is 29.9. The SMILES string of the molecule is CCNC(=O)c1cc2c(-c3cc4c(nc3Oc3c(C)cccc3C)c(C3CC3)nn4CC(C)(C)O)cn(C)c(=O)c2[nH]1. The Labute approximate surface area is 243 Å². The number of fused-ring (bicyclic) bond motifs is 2. The van der Waals surface area contributed by atoms with Gasteiger partial charge in [0.2, 0.25) is 5.88 Å². The second kappa shape index (κ2) is 10.1. The fraction of sp³-hybridized carbons (Fsp3) is 0.375. The topological polar surface area (TPSA) is 127 Å². The highest BCUT2D eigenvalue weighted by molar-refractivity contribution is 6.04. The van der Waals surface area contributed by atoms with Gasteiger partial charge in [-0.3, -0.25) is 14.3 Å². The van der Waals surface area contributed by atoms with Crippen molar-refractivity contribution >= 4 is 27.8 Å². The van der Waals surface area contributed by atoms with Crippen LogP contribution in [0.4, 0.5) is 0 Å². The van der Waals surface area contributed by atoms with Crippen LogP contribution in [0.5, 0.6) is 11.6 Å². The molecule has 10 nitrogen and oxygen atoms in total. The van der Waals surface area contributed by atoms with E-state index >= 15 is 0 Å². The molecule has 0 saturated heterocycles. The number of hydrogen-bond donors (Lipinski definition) is 3. The smallest absolute Gasteiger partial charge is 0.274 e. The van der Waals surface area contributed by atoms with Crippen molar-refractivity contribution in [2.45, 2.75) is 65.5 Å². The minimum absolute atomic E-state index is 0.251. The number of H-pyrrole nitrogens is 1. The van der Waals surface area contributed by atoms with E-state index in [2.05, 4.69) is 10.3 Å². The van der Waals surface area contributed by atoms with Crippen LogP contribution in [0, 0.1) is 13.8 Å². The van der Waals surface area contributed by atoms with Crippen LogP contribution in [0.15, 0.2) is 41.3 Å². The third-order valence-corrected chi connectivity index (χ3v) is 7.66. The average Bonchev–Trinajstić information content (AvgIpc) is 3.57. The Morgan fingerprint density at radius 1 is 1.19 bits per heavy atom. The first-order chi connectivity index (χ1) is 19.9. The molecule has 5 aromatic rings. The third kappa shape index (κ3) is 4.96. The van der Waals surface area contributed by atoms with Gasteiger partial charge in [0.25, 0.3) is 11.5 Å². The largest absolute Gasteiger partial charge is 0.438 e. The number of rotatable bonds is 8. The fourth-order valence-corrected chi connectivity index (χ4v) is 5.48. The van der Waals surface area contributed by atoms with E-state index in [1.165, 1.54) is 4.57 Å². The molecule has 0 atom stereocenters. The van der Waals surface area contributed by atoms with Crippen molar-refractivity contribution in [3.8, 4) is 22.8 Å². The van der Waals surface area contributed by atoms with Gasteiger partial charge >= 0.3 is 0 Å². The van der Waals surface area contributed by atoms with E-state index in [4.69, 9.17) is 14.8 Å². The summed E-state index contributed by atoms with van der Waals surface area (Å²) >= 11 is 0. The van der Waals surface area contributed by atoms with E-state index in [1.54, 1.807) is 33.2 Å². The molecule has 6 rings (SSSR count). The highest BCUT2D eigenvalue weighted by atomic mass is 16.5. The lowest BCUT2D eigenvalue weighted by molar-refractivity contribution is 0.0590. The van der Waals surface area contributed by atoms with Crippen molar-refractivity contribution < 1.29 is 14.6 Å². The Bertz CT molecular complexity index is 1900. The number of nitrogens with zero attached hydrogens (tertiary/aromatic N) is 4. The lowest BCUT2D eigenvalue weighted by Crippen LogP contribution is -2.26. The molecule has 4 heterocycles. The van der Waals surface area contributed by atoms with E-state index in [1.807, 2.05) is 49.7 Å². The summed E-state index contributed by atoms with van der Waals surface area (Å²) in [5.74, 6) is 1.11. The highest BCUT2D eigenvalue weighted by Crippen LogP contribution is 2.45. The van der Waals surface area contributed by atoms with Gasteiger partial charge < -0.3 is 24.7 Å². The quantitative estimate of drug-likeness (QED) is 0.239. The maximum atomic E-state index is 13.2. The molecule has 0 bridgehead atoms. The predicted octanol–water partition coefficient (Wildman–Crippen LogP) is 5.09. The molecular weight excluding hydrogens is 532 g/mol. The van der Waals surface area contributed by atoms with Crippen molar-refractivity contribution in [2.75, 3.05) is 6.54 Å². The zero-order valence-electron chi connectivity index (χ0n) is 24.8. The van der Waals surface area contributed by atoms with Crippen molar-refractivity contribution in [1.82, 2.24) is 29.6 Å². The maximum Gasteiger partial charge on any atom is 0.274 e. The summed E-state index contributed by atoms with van der Waals surface area (Å²) in [4.78, 5) is 34.1. The number of aliphatic hydroxyl groups is 1.